The van der Waals surface area contributed by atoms with Crippen molar-refractivity contribution in [1.82, 2.24) is 10.2 Å². The number of fused-ring (bicyclic) bond motifs is 1. The van der Waals surface area contributed by atoms with Gasteiger partial charge in [0, 0.05) is 31.1 Å². The van der Waals surface area contributed by atoms with Crippen LogP contribution in [0.5, 0.6) is 0 Å². The Hall–Kier alpha value is -1.39. The summed E-state index contributed by atoms with van der Waals surface area (Å²) < 4.78 is 0. The van der Waals surface area contributed by atoms with E-state index >= 15 is 0 Å². The molecule has 0 spiro atoms. The molecule has 2 heterocycles. The topological polar surface area (TPSA) is 52.6 Å². The standard InChI is InChI=1S/C16H22N2O2/c1-11(19)13-6-8-18(10-13)16(20)15-4-2-3-12-9-17-7-5-14(12)15/h2-4,11,13,17,19H,5-10H2,1H3. The third-order valence-corrected chi connectivity index (χ3v) is 4.56. The number of carbonyl (C=O) groups is 1. The molecule has 2 aliphatic rings. The van der Waals surface area contributed by atoms with Crippen molar-refractivity contribution < 1.29 is 9.90 Å². The maximum absolute atomic E-state index is 12.7. The fraction of sp³-hybridized carbons (Fsp3) is 0.562. The van der Waals surface area contributed by atoms with Crippen LogP contribution in [0.25, 0.3) is 0 Å². The summed E-state index contributed by atoms with van der Waals surface area (Å²) >= 11 is 0. The van der Waals surface area contributed by atoms with Gasteiger partial charge in [0.05, 0.1) is 6.10 Å². The van der Waals surface area contributed by atoms with Gasteiger partial charge in [-0.2, -0.15) is 0 Å². The quantitative estimate of drug-likeness (QED) is 0.851. The highest BCUT2D eigenvalue weighted by molar-refractivity contribution is 5.96. The van der Waals surface area contributed by atoms with Crippen LogP contribution >= 0.6 is 0 Å². The van der Waals surface area contributed by atoms with Gasteiger partial charge in [-0.1, -0.05) is 12.1 Å². The molecule has 4 nitrogen and oxygen atoms in total. The summed E-state index contributed by atoms with van der Waals surface area (Å²) in [5.41, 5.74) is 3.31. The van der Waals surface area contributed by atoms with Gasteiger partial charge in [0.1, 0.15) is 0 Å². The molecule has 1 amide bonds. The van der Waals surface area contributed by atoms with Gasteiger partial charge in [-0.15, -0.1) is 0 Å². The van der Waals surface area contributed by atoms with E-state index < -0.39 is 0 Å². The Kier molecular flexibility index (Phi) is 3.76. The summed E-state index contributed by atoms with van der Waals surface area (Å²) in [7, 11) is 0. The highest BCUT2D eigenvalue weighted by atomic mass is 16.3. The number of nitrogens with one attached hydrogen (secondary N) is 1. The van der Waals surface area contributed by atoms with E-state index in [-0.39, 0.29) is 17.9 Å². The molecular formula is C16H22N2O2. The second kappa shape index (κ2) is 5.54. The first-order valence-corrected chi connectivity index (χ1v) is 7.45. The SMILES string of the molecule is CC(O)C1CCN(C(=O)c2cccc3c2CCNC3)C1. The molecular weight excluding hydrogens is 252 g/mol. The molecule has 4 heteroatoms. The van der Waals surface area contributed by atoms with E-state index in [0.717, 1.165) is 38.0 Å². The highest BCUT2D eigenvalue weighted by Crippen LogP contribution is 2.25. The highest BCUT2D eigenvalue weighted by Gasteiger charge is 2.30. The molecule has 1 aromatic rings. The monoisotopic (exact) mass is 274 g/mol. The van der Waals surface area contributed by atoms with Gasteiger partial charge in [0.2, 0.25) is 0 Å². The van der Waals surface area contributed by atoms with Crippen LogP contribution in [0.1, 0.15) is 34.8 Å². The number of rotatable bonds is 2. The van der Waals surface area contributed by atoms with E-state index in [9.17, 15) is 9.90 Å². The Balaban J connectivity index is 1.81. The normalized spacial score (nSPS) is 23.5. The van der Waals surface area contributed by atoms with E-state index in [2.05, 4.69) is 11.4 Å². The summed E-state index contributed by atoms with van der Waals surface area (Å²) in [6, 6.07) is 6.02. The number of hydrogen-bond donors (Lipinski definition) is 2. The van der Waals surface area contributed by atoms with Crippen LogP contribution in [0.15, 0.2) is 18.2 Å². The van der Waals surface area contributed by atoms with Crippen molar-refractivity contribution in [1.29, 1.82) is 0 Å². The molecule has 0 bridgehead atoms. The van der Waals surface area contributed by atoms with Gasteiger partial charge < -0.3 is 15.3 Å². The van der Waals surface area contributed by atoms with Gasteiger partial charge in [0.25, 0.3) is 5.91 Å². The van der Waals surface area contributed by atoms with Gasteiger partial charge in [0.15, 0.2) is 0 Å². The largest absolute Gasteiger partial charge is 0.393 e. The van der Waals surface area contributed by atoms with Gasteiger partial charge >= 0.3 is 0 Å². The molecule has 3 rings (SSSR count). The summed E-state index contributed by atoms with van der Waals surface area (Å²) in [5, 5.41) is 13.0. The smallest absolute Gasteiger partial charge is 0.254 e. The predicted molar refractivity (Wildman–Crippen MR) is 77.5 cm³/mol. The van der Waals surface area contributed by atoms with E-state index in [1.807, 2.05) is 24.0 Å². The van der Waals surface area contributed by atoms with Crippen molar-refractivity contribution in [2.45, 2.75) is 32.4 Å². The lowest BCUT2D eigenvalue weighted by Gasteiger charge is -2.23. The van der Waals surface area contributed by atoms with Gasteiger partial charge in [-0.25, -0.2) is 0 Å². The second-order valence-electron chi connectivity index (χ2n) is 5.91. The number of carbonyl (C=O) groups excluding carboxylic acids is 1. The molecule has 0 radical (unpaired) electrons. The zero-order valence-corrected chi connectivity index (χ0v) is 11.9. The molecule has 1 saturated heterocycles. The van der Waals surface area contributed by atoms with Crippen molar-refractivity contribution in [2.24, 2.45) is 5.92 Å². The number of likely N-dealkylation sites (tertiary alicyclic amines) is 1. The molecule has 20 heavy (non-hydrogen) atoms. The molecule has 108 valence electrons. The zero-order valence-electron chi connectivity index (χ0n) is 11.9. The first-order valence-electron chi connectivity index (χ1n) is 7.45. The molecule has 2 unspecified atom stereocenters. The van der Waals surface area contributed by atoms with E-state index in [1.54, 1.807) is 0 Å². The Morgan fingerprint density at radius 1 is 1.50 bits per heavy atom. The van der Waals surface area contributed by atoms with Crippen LogP contribution in [0, 0.1) is 5.92 Å². The van der Waals surface area contributed by atoms with Crippen LogP contribution < -0.4 is 5.32 Å². The van der Waals surface area contributed by atoms with Crippen LogP contribution in [0.4, 0.5) is 0 Å². The minimum absolute atomic E-state index is 0.131. The van der Waals surface area contributed by atoms with Crippen LogP contribution in [0.2, 0.25) is 0 Å². The summed E-state index contributed by atoms with van der Waals surface area (Å²) in [6.07, 6.45) is 1.49. The fourth-order valence-corrected chi connectivity index (χ4v) is 3.27. The Morgan fingerprint density at radius 3 is 3.10 bits per heavy atom. The number of amides is 1. The average molecular weight is 274 g/mol. The molecule has 0 aromatic heterocycles. The molecule has 0 saturated carbocycles. The number of benzene rings is 1. The minimum Gasteiger partial charge on any atom is -0.393 e. The fourth-order valence-electron chi connectivity index (χ4n) is 3.27. The van der Waals surface area contributed by atoms with Crippen molar-refractivity contribution in [3.8, 4) is 0 Å². The minimum atomic E-state index is -0.332. The van der Waals surface area contributed by atoms with Crippen LogP contribution in [-0.4, -0.2) is 41.7 Å². The average Bonchev–Trinajstić information content (AvgIpc) is 2.96. The summed E-state index contributed by atoms with van der Waals surface area (Å²) in [6.45, 7) is 5.05. The lowest BCUT2D eigenvalue weighted by Crippen LogP contribution is -2.33. The van der Waals surface area contributed by atoms with Gasteiger partial charge in [-0.05, 0) is 43.5 Å². The maximum Gasteiger partial charge on any atom is 0.254 e. The van der Waals surface area contributed by atoms with E-state index in [1.165, 1.54) is 11.1 Å². The van der Waals surface area contributed by atoms with Crippen molar-refractivity contribution in [3.63, 3.8) is 0 Å². The predicted octanol–water partition coefficient (Wildman–Crippen LogP) is 1.18. The third kappa shape index (κ3) is 2.45. The maximum atomic E-state index is 12.7. The molecule has 1 aromatic carbocycles. The lowest BCUT2D eigenvalue weighted by atomic mass is 9.95. The van der Waals surface area contributed by atoms with Gasteiger partial charge in [-0.3, -0.25) is 4.79 Å². The van der Waals surface area contributed by atoms with Crippen LogP contribution in [-0.2, 0) is 13.0 Å². The molecule has 2 aliphatic heterocycles. The summed E-state index contributed by atoms with van der Waals surface area (Å²) in [5.74, 6) is 0.354. The van der Waals surface area contributed by atoms with Crippen molar-refractivity contribution >= 4 is 5.91 Å². The number of nitrogens with zero attached hydrogens (tertiary/aromatic N) is 1. The first-order chi connectivity index (χ1) is 9.66. The molecule has 1 fully saturated rings. The first kappa shape index (κ1) is 13.6. The molecule has 2 atom stereocenters. The Bertz CT molecular complexity index is 513. The molecule has 0 aliphatic carbocycles. The van der Waals surface area contributed by atoms with E-state index in [0.29, 0.717) is 6.54 Å². The number of aliphatic hydroxyl groups is 1. The summed E-state index contributed by atoms with van der Waals surface area (Å²) in [4.78, 5) is 14.6. The second-order valence-corrected chi connectivity index (χ2v) is 5.91. The Morgan fingerprint density at radius 2 is 2.35 bits per heavy atom. The Labute approximate surface area is 119 Å². The zero-order chi connectivity index (χ0) is 14.1. The van der Waals surface area contributed by atoms with Crippen molar-refractivity contribution in [2.75, 3.05) is 19.6 Å². The molecule has 2 N–H and O–H groups in total. The van der Waals surface area contributed by atoms with Crippen molar-refractivity contribution in [3.05, 3.63) is 34.9 Å². The lowest BCUT2D eigenvalue weighted by molar-refractivity contribution is 0.0761. The number of hydrogen-bond acceptors (Lipinski definition) is 3. The van der Waals surface area contributed by atoms with E-state index in [4.69, 9.17) is 0 Å². The third-order valence-electron chi connectivity index (χ3n) is 4.56. The van der Waals surface area contributed by atoms with Crippen LogP contribution in [0.3, 0.4) is 0 Å². The number of aliphatic hydroxyl groups excluding tert-OH is 1.